The molecule has 1 heterocycles. The molecule has 2 heteroatoms. The quantitative estimate of drug-likeness (QED) is 0.603. The summed E-state index contributed by atoms with van der Waals surface area (Å²) in [6, 6.07) is 14.4. The number of nitrogens with one attached hydrogen (secondary N) is 1. The van der Waals surface area contributed by atoms with E-state index >= 15 is 0 Å². The molecule has 3 rings (SSSR count). The second-order valence-electron chi connectivity index (χ2n) is 8.02. The van der Waals surface area contributed by atoms with Gasteiger partial charge in [-0.1, -0.05) is 58.9 Å². The van der Waals surface area contributed by atoms with Crippen LogP contribution < -0.4 is 10.1 Å². The number of ether oxygens (including phenoxy) is 1. The van der Waals surface area contributed by atoms with Crippen molar-refractivity contribution < 1.29 is 4.74 Å². The molecular weight excluding hydrogens is 270 g/mol. The summed E-state index contributed by atoms with van der Waals surface area (Å²) in [5, 5.41) is 3.58. The van der Waals surface area contributed by atoms with Crippen molar-refractivity contribution in [3.05, 3.63) is 48.0 Å². The first-order valence-electron chi connectivity index (χ1n) is 7.94. The van der Waals surface area contributed by atoms with Crippen molar-refractivity contribution in [3.8, 4) is 11.5 Å². The Morgan fingerprint density at radius 3 is 2.27 bits per heavy atom. The molecule has 0 spiro atoms. The third-order valence-electron chi connectivity index (χ3n) is 4.09. The molecule has 0 amide bonds. The van der Waals surface area contributed by atoms with Gasteiger partial charge in [0.15, 0.2) is 11.5 Å². The van der Waals surface area contributed by atoms with Crippen LogP contribution in [0.3, 0.4) is 0 Å². The molecule has 116 valence electrons. The predicted octanol–water partition coefficient (Wildman–Crippen LogP) is 6.25. The normalized spacial score (nSPS) is 13.7. The molecule has 0 aliphatic carbocycles. The van der Waals surface area contributed by atoms with Gasteiger partial charge in [-0.15, -0.1) is 0 Å². The van der Waals surface area contributed by atoms with E-state index in [0.717, 1.165) is 29.3 Å². The minimum atomic E-state index is 0.0756. The maximum Gasteiger partial charge on any atom is 0.151 e. The van der Waals surface area contributed by atoms with E-state index in [4.69, 9.17) is 4.74 Å². The van der Waals surface area contributed by atoms with Crippen LogP contribution in [0.1, 0.15) is 46.6 Å². The Morgan fingerprint density at radius 2 is 1.55 bits per heavy atom. The molecule has 0 atom stereocenters. The minimum absolute atomic E-state index is 0.0756. The lowest BCUT2D eigenvalue weighted by molar-refractivity contribution is 0.284. The molecule has 22 heavy (non-hydrogen) atoms. The molecule has 2 aromatic rings. The van der Waals surface area contributed by atoms with Crippen molar-refractivity contribution in [1.82, 2.24) is 0 Å². The van der Waals surface area contributed by atoms with Gasteiger partial charge in [-0.25, -0.2) is 0 Å². The van der Waals surface area contributed by atoms with Gasteiger partial charge in [0.25, 0.3) is 0 Å². The topological polar surface area (TPSA) is 21.3 Å². The van der Waals surface area contributed by atoms with Gasteiger partial charge < -0.3 is 10.1 Å². The fourth-order valence-corrected chi connectivity index (χ4v) is 3.64. The lowest BCUT2D eigenvalue weighted by Crippen LogP contribution is -2.26. The van der Waals surface area contributed by atoms with Crippen molar-refractivity contribution in [1.29, 1.82) is 0 Å². The molecule has 2 nitrogen and oxygen atoms in total. The van der Waals surface area contributed by atoms with Gasteiger partial charge in [0.1, 0.15) is 0 Å². The monoisotopic (exact) mass is 295 g/mol. The lowest BCUT2D eigenvalue weighted by atomic mass is 9.71. The first-order valence-corrected chi connectivity index (χ1v) is 7.94. The first-order chi connectivity index (χ1) is 10.3. The smallest absolute Gasteiger partial charge is 0.151 e. The number of rotatable bonds is 2. The summed E-state index contributed by atoms with van der Waals surface area (Å²) in [7, 11) is 0. The first kappa shape index (κ1) is 15.0. The summed E-state index contributed by atoms with van der Waals surface area (Å²) in [5.74, 6) is 1.80. The molecule has 0 unspecified atom stereocenters. The van der Waals surface area contributed by atoms with Crippen LogP contribution in [-0.2, 0) is 5.41 Å². The second-order valence-corrected chi connectivity index (χ2v) is 8.02. The third kappa shape index (κ3) is 2.83. The van der Waals surface area contributed by atoms with Crippen LogP contribution in [0.25, 0.3) is 0 Å². The van der Waals surface area contributed by atoms with E-state index in [9.17, 15) is 0 Å². The maximum atomic E-state index is 6.08. The van der Waals surface area contributed by atoms with E-state index in [2.05, 4.69) is 58.1 Å². The lowest BCUT2D eigenvalue weighted by Gasteiger charge is -2.36. The third-order valence-corrected chi connectivity index (χ3v) is 4.09. The average Bonchev–Trinajstić information content (AvgIpc) is 2.41. The van der Waals surface area contributed by atoms with E-state index in [1.807, 2.05) is 24.3 Å². The molecule has 0 saturated carbocycles. The summed E-state index contributed by atoms with van der Waals surface area (Å²) in [5.41, 5.74) is 3.81. The molecule has 0 bridgehead atoms. The molecule has 0 saturated heterocycles. The summed E-state index contributed by atoms with van der Waals surface area (Å²) >= 11 is 0. The van der Waals surface area contributed by atoms with Gasteiger partial charge in [0.2, 0.25) is 0 Å². The largest absolute Gasteiger partial charge is 0.453 e. The van der Waals surface area contributed by atoms with Crippen LogP contribution in [0.4, 0.5) is 11.4 Å². The molecule has 1 aliphatic rings. The highest BCUT2D eigenvalue weighted by atomic mass is 16.5. The number of fused-ring (bicyclic) bond motifs is 2. The molecule has 0 aromatic heterocycles. The van der Waals surface area contributed by atoms with E-state index in [-0.39, 0.29) is 10.8 Å². The number of hydrogen-bond donors (Lipinski definition) is 1. The van der Waals surface area contributed by atoms with E-state index in [1.165, 1.54) is 5.56 Å². The summed E-state index contributed by atoms with van der Waals surface area (Å²) in [6.45, 7) is 11.5. The van der Waals surface area contributed by atoms with Gasteiger partial charge in [-0.3, -0.25) is 0 Å². The predicted molar refractivity (Wildman–Crippen MR) is 93.3 cm³/mol. The Kier molecular flexibility index (Phi) is 3.43. The Balaban J connectivity index is 2.03. The Morgan fingerprint density at radius 1 is 0.864 bits per heavy atom. The zero-order valence-electron chi connectivity index (χ0n) is 14.2. The highest BCUT2D eigenvalue weighted by Crippen LogP contribution is 2.48. The molecule has 1 aliphatic heterocycles. The van der Waals surface area contributed by atoms with Crippen molar-refractivity contribution >= 4 is 11.4 Å². The molecular formula is C20H25NO. The van der Waals surface area contributed by atoms with E-state index in [1.54, 1.807) is 0 Å². The zero-order chi connectivity index (χ0) is 16.0. The van der Waals surface area contributed by atoms with E-state index in [0.29, 0.717) is 0 Å². The van der Waals surface area contributed by atoms with Crippen LogP contribution >= 0.6 is 0 Å². The van der Waals surface area contributed by atoms with Crippen LogP contribution in [0.2, 0.25) is 0 Å². The van der Waals surface area contributed by atoms with Gasteiger partial charge in [0, 0.05) is 0 Å². The van der Waals surface area contributed by atoms with Crippen molar-refractivity contribution in [2.75, 3.05) is 5.32 Å². The van der Waals surface area contributed by atoms with Crippen molar-refractivity contribution in [2.45, 2.75) is 46.5 Å². The number of hydrogen-bond acceptors (Lipinski definition) is 2. The fourth-order valence-electron chi connectivity index (χ4n) is 3.64. The Hall–Kier alpha value is -1.96. The van der Waals surface area contributed by atoms with Gasteiger partial charge >= 0.3 is 0 Å². The van der Waals surface area contributed by atoms with Crippen molar-refractivity contribution in [2.24, 2.45) is 5.41 Å². The van der Waals surface area contributed by atoms with Crippen LogP contribution in [-0.4, -0.2) is 0 Å². The summed E-state index contributed by atoms with van der Waals surface area (Å²) in [4.78, 5) is 0. The fraction of sp³-hybridized carbons (Fsp3) is 0.400. The molecule has 2 aromatic carbocycles. The van der Waals surface area contributed by atoms with Crippen LogP contribution in [0.15, 0.2) is 42.5 Å². The SMILES string of the molecule is CC(C)(C)CC(C)(C)c1cccc2c1Nc1ccccc1O2. The Labute approximate surface area is 133 Å². The molecule has 1 N–H and O–H groups in total. The molecule has 0 fully saturated rings. The van der Waals surface area contributed by atoms with Gasteiger partial charge in [-0.2, -0.15) is 0 Å². The van der Waals surface area contributed by atoms with Gasteiger partial charge in [0.05, 0.1) is 11.4 Å². The van der Waals surface area contributed by atoms with Crippen LogP contribution in [0, 0.1) is 5.41 Å². The number of anilines is 2. The second kappa shape index (κ2) is 5.05. The van der Waals surface area contributed by atoms with E-state index < -0.39 is 0 Å². The van der Waals surface area contributed by atoms with Gasteiger partial charge in [-0.05, 0) is 41.0 Å². The summed E-state index contributed by atoms with van der Waals surface area (Å²) in [6.07, 6.45) is 1.11. The highest BCUT2D eigenvalue weighted by molar-refractivity contribution is 5.78. The maximum absolute atomic E-state index is 6.08. The zero-order valence-corrected chi connectivity index (χ0v) is 14.2. The average molecular weight is 295 g/mol. The number of benzene rings is 2. The summed E-state index contributed by atoms with van der Waals surface area (Å²) < 4.78 is 6.08. The highest BCUT2D eigenvalue weighted by Gasteiger charge is 2.31. The van der Waals surface area contributed by atoms with Crippen LogP contribution in [0.5, 0.6) is 11.5 Å². The van der Waals surface area contributed by atoms with Crippen molar-refractivity contribution in [3.63, 3.8) is 0 Å². The molecule has 0 radical (unpaired) electrons. The standard InChI is InChI=1S/C20H25NO/c1-19(2,3)13-20(4,5)14-9-8-12-17-18(14)21-15-10-6-7-11-16(15)22-17/h6-12,21H,13H2,1-5H3. The number of para-hydroxylation sites is 3. The Bertz CT molecular complexity index is 695. The minimum Gasteiger partial charge on any atom is -0.453 e.